The van der Waals surface area contributed by atoms with Gasteiger partial charge in [0.2, 0.25) is 11.8 Å². The average Bonchev–Trinajstić information content (AvgIpc) is 2.47. The van der Waals surface area contributed by atoms with Crippen molar-refractivity contribution in [3.05, 3.63) is 0 Å². The van der Waals surface area contributed by atoms with Gasteiger partial charge in [0.15, 0.2) is 0 Å². The Morgan fingerprint density at radius 2 is 2.27 bits per heavy atom. The molecule has 3 N–H and O–H groups in total. The molecule has 84 valence electrons. The molecule has 0 saturated carbocycles. The van der Waals surface area contributed by atoms with Crippen LogP contribution in [0.4, 0.5) is 0 Å². The van der Waals surface area contributed by atoms with Crippen molar-refractivity contribution in [1.82, 2.24) is 4.90 Å². The lowest BCUT2D eigenvalue weighted by Crippen LogP contribution is -2.34. The normalized spacial score (nSPS) is 22.9. The SMILES string of the molecule is CC(CN1CC(C(N)=O)CC1=O)C(=O)O. The van der Waals surface area contributed by atoms with Gasteiger partial charge in [0, 0.05) is 19.5 Å². The van der Waals surface area contributed by atoms with Gasteiger partial charge in [-0.25, -0.2) is 0 Å². The predicted molar refractivity (Wildman–Crippen MR) is 50.7 cm³/mol. The summed E-state index contributed by atoms with van der Waals surface area (Å²) in [7, 11) is 0. The zero-order chi connectivity index (χ0) is 11.6. The maximum absolute atomic E-state index is 11.4. The van der Waals surface area contributed by atoms with Crippen LogP contribution in [0, 0.1) is 11.8 Å². The Labute approximate surface area is 87.0 Å². The lowest BCUT2D eigenvalue weighted by Gasteiger charge is -2.18. The Hall–Kier alpha value is -1.59. The van der Waals surface area contributed by atoms with Gasteiger partial charge in [-0.3, -0.25) is 14.4 Å². The molecule has 0 aromatic rings. The summed E-state index contributed by atoms with van der Waals surface area (Å²) in [6.45, 7) is 1.90. The summed E-state index contributed by atoms with van der Waals surface area (Å²) < 4.78 is 0. The third-order valence-corrected chi connectivity index (χ3v) is 2.53. The summed E-state index contributed by atoms with van der Waals surface area (Å²) in [6, 6.07) is 0. The van der Waals surface area contributed by atoms with Gasteiger partial charge < -0.3 is 15.7 Å². The maximum Gasteiger partial charge on any atom is 0.308 e. The van der Waals surface area contributed by atoms with Crippen molar-refractivity contribution >= 4 is 17.8 Å². The van der Waals surface area contributed by atoms with Gasteiger partial charge in [0.25, 0.3) is 0 Å². The number of hydrogen-bond acceptors (Lipinski definition) is 3. The predicted octanol–water partition coefficient (Wildman–Crippen LogP) is -0.959. The second kappa shape index (κ2) is 4.29. The highest BCUT2D eigenvalue weighted by Crippen LogP contribution is 2.18. The zero-order valence-corrected chi connectivity index (χ0v) is 8.47. The highest BCUT2D eigenvalue weighted by atomic mass is 16.4. The minimum atomic E-state index is -0.953. The van der Waals surface area contributed by atoms with Crippen LogP contribution in [0.2, 0.25) is 0 Å². The third kappa shape index (κ3) is 2.68. The van der Waals surface area contributed by atoms with Crippen LogP contribution in [-0.4, -0.2) is 40.9 Å². The first-order chi connectivity index (χ1) is 6.91. The lowest BCUT2D eigenvalue weighted by molar-refractivity contribution is -0.142. The van der Waals surface area contributed by atoms with Crippen LogP contribution in [0.15, 0.2) is 0 Å². The third-order valence-electron chi connectivity index (χ3n) is 2.53. The van der Waals surface area contributed by atoms with Crippen LogP contribution < -0.4 is 5.73 Å². The molecule has 1 heterocycles. The van der Waals surface area contributed by atoms with Crippen molar-refractivity contribution in [2.45, 2.75) is 13.3 Å². The molecule has 2 amide bonds. The van der Waals surface area contributed by atoms with Crippen molar-refractivity contribution in [3.63, 3.8) is 0 Å². The number of primary amides is 1. The Kier molecular flexibility index (Phi) is 3.28. The molecule has 6 heteroatoms. The standard InChI is InChI=1S/C9H14N2O4/c1-5(9(14)15)3-11-4-6(8(10)13)2-7(11)12/h5-6H,2-4H2,1H3,(H2,10,13)(H,14,15). The average molecular weight is 214 g/mol. The van der Waals surface area contributed by atoms with E-state index in [1.165, 1.54) is 11.8 Å². The number of amides is 2. The fourth-order valence-corrected chi connectivity index (χ4v) is 1.55. The fourth-order valence-electron chi connectivity index (χ4n) is 1.55. The molecular formula is C9H14N2O4. The smallest absolute Gasteiger partial charge is 0.308 e. The van der Waals surface area contributed by atoms with E-state index in [2.05, 4.69) is 0 Å². The summed E-state index contributed by atoms with van der Waals surface area (Å²) in [5, 5.41) is 8.67. The van der Waals surface area contributed by atoms with Gasteiger partial charge in [0.1, 0.15) is 0 Å². The van der Waals surface area contributed by atoms with Gasteiger partial charge in [0.05, 0.1) is 11.8 Å². The van der Waals surface area contributed by atoms with Crippen molar-refractivity contribution in [2.24, 2.45) is 17.6 Å². The number of likely N-dealkylation sites (tertiary alicyclic amines) is 1. The van der Waals surface area contributed by atoms with Crippen LogP contribution in [0.5, 0.6) is 0 Å². The van der Waals surface area contributed by atoms with Gasteiger partial charge in [-0.2, -0.15) is 0 Å². The Balaban J connectivity index is 2.54. The van der Waals surface area contributed by atoms with Gasteiger partial charge in [-0.05, 0) is 0 Å². The first-order valence-electron chi connectivity index (χ1n) is 4.71. The molecule has 0 spiro atoms. The molecule has 1 saturated heterocycles. The molecule has 2 atom stereocenters. The number of carboxylic acid groups (broad SMARTS) is 1. The van der Waals surface area contributed by atoms with Crippen molar-refractivity contribution in [2.75, 3.05) is 13.1 Å². The molecular weight excluding hydrogens is 200 g/mol. The molecule has 1 fully saturated rings. The second-order valence-corrected chi connectivity index (χ2v) is 3.84. The lowest BCUT2D eigenvalue weighted by atomic mass is 10.1. The number of carbonyl (C=O) groups is 3. The molecule has 6 nitrogen and oxygen atoms in total. The molecule has 0 bridgehead atoms. The zero-order valence-electron chi connectivity index (χ0n) is 8.47. The van der Waals surface area contributed by atoms with Crippen molar-refractivity contribution in [3.8, 4) is 0 Å². The quantitative estimate of drug-likeness (QED) is 0.629. The van der Waals surface area contributed by atoms with Crippen LogP contribution in [0.1, 0.15) is 13.3 Å². The molecule has 1 aliphatic heterocycles. The summed E-state index contributed by atoms with van der Waals surface area (Å²) in [5.74, 6) is -2.76. The minimum absolute atomic E-state index is 0.0989. The van der Waals surface area contributed by atoms with E-state index in [0.717, 1.165) is 0 Å². The topological polar surface area (TPSA) is 101 Å². The van der Waals surface area contributed by atoms with Gasteiger partial charge in [-0.1, -0.05) is 6.92 Å². The number of hydrogen-bond donors (Lipinski definition) is 2. The van der Waals surface area contributed by atoms with E-state index in [0.29, 0.717) is 0 Å². The first-order valence-corrected chi connectivity index (χ1v) is 4.71. The Morgan fingerprint density at radius 1 is 1.67 bits per heavy atom. The van der Waals surface area contributed by atoms with E-state index in [4.69, 9.17) is 10.8 Å². The van der Waals surface area contributed by atoms with E-state index < -0.39 is 23.7 Å². The monoisotopic (exact) mass is 214 g/mol. The van der Waals surface area contributed by atoms with E-state index in [1.54, 1.807) is 0 Å². The molecule has 0 aromatic heterocycles. The molecule has 0 aliphatic carbocycles. The van der Waals surface area contributed by atoms with Crippen LogP contribution >= 0.6 is 0 Å². The summed E-state index contributed by atoms with van der Waals surface area (Å²) in [6.07, 6.45) is 0.0989. The molecule has 15 heavy (non-hydrogen) atoms. The van der Waals surface area contributed by atoms with Crippen molar-refractivity contribution in [1.29, 1.82) is 0 Å². The maximum atomic E-state index is 11.4. The van der Waals surface area contributed by atoms with Crippen LogP contribution in [0.3, 0.4) is 0 Å². The van der Waals surface area contributed by atoms with Crippen molar-refractivity contribution < 1.29 is 19.5 Å². The molecule has 0 aromatic carbocycles. The van der Waals surface area contributed by atoms with E-state index in [9.17, 15) is 14.4 Å². The molecule has 0 radical (unpaired) electrons. The molecule has 1 aliphatic rings. The Bertz CT molecular complexity index is 302. The van der Waals surface area contributed by atoms with E-state index >= 15 is 0 Å². The van der Waals surface area contributed by atoms with E-state index in [1.807, 2.05) is 0 Å². The highest BCUT2D eigenvalue weighted by Gasteiger charge is 2.34. The second-order valence-electron chi connectivity index (χ2n) is 3.84. The molecule has 1 rings (SSSR count). The number of nitrogens with two attached hydrogens (primary N) is 1. The number of nitrogens with zero attached hydrogens (tertiary/aromatic N) is 1. The van der Waals surface area contributed by atoms with E-state index in [-0.39, 0.29) is 25.4 Å². The van der Waals surface area contributed by atoms with Crippen LogP contribution in [0.25, 0.3) is 0 Å². The van der Waals surface area contributed by atoms with Crippen LogP contribution in [-0.2, 0) is 14.4 Å². The Morgan fingerprint density at radius 3 is 2.67 bits per heavy atom. The minimum Gasteiger partial charge on any atom is -0.481 e. The summed E-state index contributed by atoms with van der Waals surface area (Å²) in [4.78, 5) is 34.2. The summed E-state index contributed by atoms with van der Waals surface area (Å²) in [5.41, 5.74) is 5.08. The highest BCUT2D eigenvalue weighted by molar-refractivity contribution is 5.88. The fraction of sp³-hybridized carbons (Fsp3) is 0.667. The molecule has 2 unspecified atom stereocenters. The summed E-state index contributed by atoms with van der Waals surface area (Å²) >= 11 is 0. The largest absolute Gasteiger partial charge is 0.481 e. The van der Waals surface area contributed by atoms with Gasteiger partial charge >= 0.3 is 5.97 Å². The number of rotatable bonds is 4. The number of carbonyl (C=O) groups excluding carboxylic acids is 2. The number of carboxylic acids is 1. The van der Waals surface area contributed by atoms with Gasteiger partial charge in [-0.15, -0.1) is 0 Å². The number of aliphatic carboxylic acids is 1. The first kappa shape index (κ1) is 11.5.